The van der Waals surface area contributed by atoms with E-state index in [0.717, 1.165) is 5.56 Å². The van der Waals surface area contributed by atoms with Crippen molar-refractivity contribution in [2.75, 3.05) is 7.05 Å². The van der Waals surface area contributed by atoms with Gasteiger partial charge in [-0.05, 0) is 29.8 Å². The molecule has 2 aromatic carbocycles. The largest absolute Gasteiger partial charge is 0.406 e. The number of hydrogen-bond donors (Lipinski definition) is 1. The SMILES string of the molecule is CN(Cc1ccccc1Cl)C(=O)c1ccc2c(c1)[nH]c(=O)n2CC(F)(F)F. The lowest BCUT2D eigenvalue weighted by Crippen LogP contribution is -2.26. The van der Waals surface area contributed by atoms with Crippen LogP contribution in [0, 0.1) is 0 Å². The monoisotopic (exact) mass is 397 g/mol. The van der Waals surface area contributed by atoms with Crippen LogP contribution in [0.2, 0.25) is 5.02 Å². The van der Waals surface area contributed by atoms with Crippen molar-refractivity contribution >= 4 is 28.5 Å². The normalized spacial score (nSPS) is 11.7. The fraction of sp³-hybridized carbons (Fsp3) is 0.222. The van der Waals surface area contributed by atoms with Gasteiger partial charge in [0.25, 0.3) is 5.91 Å². The van der Waals surface area contributed by atoms with E-state index >= 15 is 0 Å². The Kier molecular flexibility index (Phi) is 5.01. The molecule has 1 N–H and O–H groups in total. The van der Waals surface area contributed by atoms with Crippen molar-refractivity contribution < 1.29 is 18.0 Å². The summed E-state index contributed by atoms with van der Waals surface area (Å²) in [6.45, 7) is -1.13. The van der Waals surface area contributed by atoms with Gasteiger partial charge in [-0.25, -0.2) is 4.79 Å². The molecule has 1 aromatic heterocycles. The number of aromatic nitrogens is 2. The molecule has 0 unspecified atom stereocenters. The molecule has 3 aromatic rings. The average molecular weight is 398 g/mol. The van der Waals surface area contributed by atoms with Gasteiger partial charge in [-0.2, -0.15) is 13.2 Å². The Morgan fingerprint density at radius 3 is 2.59 bits per heavy atom. The number of H-pyrrole nitrogens is 1. The van der Waals surface area contributed by atoms with Crippen molar-refractivity contribution in [1.29, 1.82) is 0 Å². The van der Waals surface area contributed by atoms with Gasteiger partial charge < -0.3 is 9.88 Å². The van der Waals surface area contributed by atoms with Gasteiger partial charge in [-0.3, -0.25) is 9.36 Å². The summed E-state index contributed by atoms with van der Waals surface area (Å²) in [5.74, 6) is -0.346. The molecule has 0 fully saturated rings. The molecule has 27 heavy (non-hydrogen) atoms. The molecule has 0 aliphatic carbocycles. The topological polar surface area (TPSA) is 58.1 Å². The standard InChI is InChI=1S/C18H15ClF3N3O2/c1-24(9-12-4-2-3-5-13(12)19)16(26)11-6-7-15-14(8-11)23-17(27)25(15)10-18(20,21)22/h2-8H,9-10H2,1H3,(H,23,27). The van der Waals surface area contributed by atoms with Gasteiger partial charge in [0.1, 0.15) is 6.54 Å². The lowest BCUT2D eigenvalue weighted by molar-refractivity contribution is -0.140. The third kappa shape index (κ3) is 4.16. The molecule has 0 aliphatic rings. The molecule has 9 heteroatoms. The van der Waals surface area contributed by atoms with E-state index in [0.29, 0.717) is 9.59 Å². The zero-order valence-corrected chi connectivity index (χ0v) is 14.9. The highest BCUT2D eigenvalue weighted by atomic mass is 35.5. The van der Waals surface area contributed by atoms with Gasteiger partial charge in [0.2, 0.25) is 0 Å². The number of halogens is 4. The van der Waals surface area contributed by atoms with Crippen molar-refractivity contribution in [3.63, 3.8) is 0 Å². The Hall–Kier alpha value is -2.74. The number of hydrogen-bond acceptors (Lipinski definition) is 2. The van der Waals surface area contributed by atoms with Crippen LogP contribution in [0.15, 0.2) is 47.3 Å². The molecule has 0 saturated heterocycles. The van der Waals surface area contributed by atoms with E-state index in [1.54, 1.807) is 31.3 Å². The first-order valence-corrected chi connectivity index (χ1v) is 8.32. The first-order chi connectivity index (χ1) is 12.7. The minimum Gasteiger partial charge on any atom is -0.337 e. The van der Waals surface area contributed by atoms with Gasteiger partial charge in [0, 0.05) is 24.2 Å². The highest BCUT2D eigenvalue weighted by molar-refractivity contribution is 6.31. The first kappa shape index (κ1) is 19.0. The summed E-state index contributed by atoms with van der Waals surface area (Å²) in [4.78, 5) is 28.2. The van der Waals surface area contributed by atoms with Crippen LogP contribution in [0.4, 0.5) is 13.2 Å². The number of rotatable bonds is 4. The molecule has 1 amide bonds. The molecule has 0 aliphatic heterocycles. The summed E-state index contributed by atoms with van der Waals surface area (Å²) in [5, 5.41) is 0.529. The van der Waals surface area contributed by atoms with E-state index in [1.165, 1.54) is 23.1 Å². The lowest BCUT2D eigenvalue weighted by atomic mass is 10.1. The molecule has 0 radical (unpaired) electrons. The molecular formula is C18H15ClF3N3O2. The van der Waals surface area contributed by atoms with Crippen LogP contribution >= 0.6 is 11.6 Å². The van der Waals surface area contributed by atoms with Gasteiger partial charge in [0.05, 0.1) is 11.0 Å². The average Bonchev–Trinajstić information content (AvgIpc) is 2.89. The Bertz CT molecular complexity index is 1060. The Morgan fingerprint density at radius 2 is 1.93 bits per heavy atom. The summed E-state index contributed by atoms with van der Waals surface area (Å²) < 4.78 is 38.5. The Morgan fingerprint density at radius 1 is 1.22 bits per heavy atom. The molecule has 0 bridgehead atoms. The summed E-state index contributed by atoms with van der Waals surface area (Å²) >= 11 is 6.10. The Balaban J connectivity index is 1.87. The number of carbonyl (C=O) groups is 1. The second-order valence-electron chi connectivity index (χ2n) is 6.12. The van der Waals surface area contributed by atoms with Gasteiger partial charge in [-0.1, -0.05) is 29.8 Å². The van der Waals surface area contributed by atoms with Gasteiger partial charge in [0.15, 0.2) is 0 Å². The van der Waals surface area contributed by atoms with Crippen molar-refractivity contribution in [2.24, 2.45) is 0 Å². The van der Waals surface area contributed by atoms with E-state index in [2.05, 4.69) is 4.98 Å². The van der Waals surface area contributed by atoms with E-state index in [1.807, 2.05) is 0 Å². The predicted octanol–water partition coefficient (Wildman–Crippen LogP) is 3.82. The van der Waals surface area contributed by atoms with Crippen molar-refractivity contribution in [3.8, 4) is 0 Å². The third-order valence-corrected chi connectivity index (χ3v) is 4.44. The number of carbonyl (C=O) groups excluding carboxylic acids is 1. The Labute approximate surface area is 157 Å². The molecule has 1 heterocycles. The minimum atomic E-state index is -4.53. The zero-order chi connectivity index (χ0) is 19.8. The van der Waals surface area contributed by atoms with E-state index in [4.69, 9.17) is 11.6 Å². The van der Waals surface area contributed by atoms with Crippen LogP contribution in [0.1, 0.15) is 15.9 Å². The summed E-state index contributed by atoms with van der Waals surface area (Å²) in [5.41, 5.74) is 0.388. The van der Waals surface area contributed by atoms with Gasteiger partial charge >= 0.3 is 11.9 Å². The number of amides is 1. The molecule has 0 atom stereocenters. The highest BCUT2D eigenvalue weighted by Crippen LogP contribution is 2.22. The maximum Gasteiger partial charge on any atom is 0.406 e. The van der Waals surface area contributed by atoms with Crippen LogP contribution in [0.5, 0.6) is 0 Å². The maximum atomic E-state index is 12.6. The van der Waals surface area contributed by atoms with Crippen LogP contribution in [-0.2, 0) is 13.1 Å². The van der Waals surface area contributed by atoms with Crippen molar-refractivity contribution in [3.05, 3.63) is 69.1 Å². The summed E-state index contributed by atoms with van der Waals surface area (Å²) in [7, 11) is 1.59. The number of alkyl halides is 3. The number of aromatic amines is 1. The van der Waals surface area contributed by atoms with Crippen LogP contribution in [-0.4, -0.2) is 33.6 Å². The molecule has 3 rings (SSSR count). The smallest absolute Gasteiger partial charge is 0.337 e. The van der Waals surface area contributed by atoms with E-state index in [-0.39, 0.29) is 29.0 Å². The molecule has 0 spiro atoms. The number of imidazole rings is 1. The van der Waals surface area contributed by atoms with Gasteiger partial charge in [-0.15, -0.1) is 0 Å². The first-order valence-electron chi connectivity index (χ1n) is 7.94. The zero-order valence-electron chi connectivity index (χ0n) is 14.2. The van der Waals surface area contributed by atoms with Crippen molar-refractivity contribution in [1.82, 2.24) is 14.5 Å². The molecule has 5 nitrogen and oxygen atoms in total. The van der Waals surface area contributed by atoms with Crippen LogP contribution in [0.25, 0.3) is 11.0 Å². The van der Waals surface area contributed by atoms with Crippen LogP contribution < -0.4 is 5.69 Å². The number of nitrogens with zero attached hydrogens (tertiary/aromatic N) is 2. The summed E-state index contributed by atoms with van der Waals surface area (Å²) in [6.07, 6.45) is -4.53. The summed E-state index contributed by atoms with van der Waals surface area (Å²) in [6, 6.07) is 11.2. The quantitative estimate of drug-likeness (QED) is 0.727. The lowest BCUT2D eigenvalue weighted by Gasteiger charge is -2.18. The van der Waals surface area contributed by atoms with Crippen LogP contribution in [0.3, 0.4) is 0 Å². The second kappa shape index (κ2) is 7.11. The van der Waals surface area contributed by atoms with Crippen molar-refractivity contribution in [2.45, 2.75) is 19.3 Å². The number of benzene rings is 2. The fourth-order valence-electron chi connectivity index (χ4n) is 2.81. The third-order valence-electron chi connectivity index (χ3n) is 4.07. The molecule has 0 saturated carbocycles. The number of nitrogens with one attached hydrogen (secondary N) is 1. The number of fused-ring (bicyclic) bond motifs is 1. The molecule has 142 valence electrons. The second-order valence-corrected chi connectivity index (χ2v) is 6.52. The van der Waals surface area contributed by atoms with E-state index in [9.17, 15) is 22.8 Å². The minimum absolute atomic E-state index is 0.0858. The highest BCUT2D eigenvalue weighted by Gasteiger charge is 2.30. The maximum absolute atomic E-state index is 12.6. The van der Waals surface area contributed by atoms with E-state index < -0.39 is 18.4 Å². The predicted molar refractivity (Wildman–Crippen MR) is 95.9 cm³/mol. The molecular weight excluding hydrogens is 383 g/mol. The fourth-order valence-corrected chi connectivity index (χ4v) is 3.00.